The van der Waals surface area contributed by atoms with Crippen LogP contribution in [0, 0.1) is 0 Å². The number of amides is 1. The first-order chi connectivity index (χ1) is 9.73. The number of aromatic carboxylic acids is 1. The largest absolute Gasteiger partial charge is 0.477 e. The van der Waals surface area contributed by atoms with E-state index in [1.54, 1.807) is 6.92 Å². The molecule has 0 fully saturated rings. The van der Waals surface area contributed by atoms with Gasteiger partial charge in [-0.2, -0.15) is 4.31 Å². The second-order valence-electron chi connectivity index (χ2n) is 4.49. The molecule has 21 heavy (non-hydrogen) atoms. The second kappa shape index (κ2) is 6.72. The number of aromatic nitrogens is 1. The van der Waals surface area contributed by atoms with E-state index in [1.807, 2.05) is 0 Å². The number of nitrogens with one attached hydrogen (secondary N) is 1. The molecular formula is C12H19N3O5S. The first-order valence-electron chi connectivity index (χ1n) is 6.34. The average Bonchev–Trinajstić information content (AvgIpc) is 2.81. The summed E-state index contributed by atoms with van der Waals surface area (Å²) in [4.78, 5) is 22.3. The maximum absolute atomic E-state index is 12.5. The Kier molecular flexibility index (Phi) is 5.50. The van der Waals surface area contributed by atoms with Crippen molar-refractivity contribution in [2.75, 3.05) is 20.1 Å². The molecule has 1 rings (SSSR count). The summed E-state index contributed by atoms with van der Waals surface area (Å²) < 4.78 is 27.3. The van der Waals surface area contributed by atoms with E-state index in [4.69, 9.17) is 5.11 Å². The van der Waals surface area contributed by atoms with Gasteiger partial charge in [0.1, 0.15) is 10.6 Å². The van der Waals surface area contributed by atoms with Crippen LogP contribution in [0.2, 0.25) is 0 Å². The normalized spacial score (nSPS) is 11.6. The minimum Gasteiger partial charge on any atom is -0.477 e. The first-order valence-corrected chi connectivity index (χ1v) is 7.78. The zero-order valence-corrected chi connectivity index (χ0v) is 13.0. The number of carbonyl (C=O) groups excluding carboxylic acids is 1. The van der Waals surface area contributed by atoms with Gasteiger partial charge in [0.05, 0.1) is 6.54 Å². The fourth-order valence-corrected chi connectivity index (χ4v) is 3.37. The smallest absolute Gasteiger partial charge is 0.352 e. The highest BCUT2D eigenvalue weighted by Gasteiger charge is 2.28. The molecule has 0 bridgehead atoms. The third-order valence-corrected chi connectivity index (χ3v) is 4.72. The lowest BCUT2D eigenvalue weighted by molar-refractivity contribution is -0.120. The van der Waals surface area contributed by atoms with E-state index < -0.39 is 21.9 Å². The topological polar surface area (TPSA) is 109 Å². The lowest BCUT2D eigenvalue weighted by Gasteiger charge is -2.19. The molecule has 0 unspecified atom stereocenters. The molecule has 0 atom stereocenters. The zero-order valence-electron chi connectivity index (χ0n) is 12.2. The van der Waals surface area contributed by atoms with Gasteiger partial charge in [0.15, 0.2) is 0 Å². The van der Waals surface area contributed by atoms with E-state index in [0.29, 0.717) is 6.42 Å². The van der Waals surface area contributed by atoms with Gasteiger partial charge < -0.3 is 15.0 Å². The number of carbonyl (C=O) groups is 2. The summed E-state index contributed by atoms with van der Waals surface area (Å²) in [5.41, 5.74) is -0.134. The van der Waals surface area contributed by atoms with E-state index in [0.717, 1.165) is 10.4 Å². The summed E-state index contributed by atoms with van der Waals surface area (Å²) >= 11 is 0. The molecule has 0 aliphatic heterocycles. The van der Waals surface area contributed by atoms with Gasteiger partial charge in [-0.25, -0.2) is 13.2 Å². The fraction of sp³-hybridized carbons (Fsp3) is 0.500. The molecule has 1 aromatic heterocycles. The van der Waals surface area contributed by atoms with E-state index in [2.05, 4.69) is 5.32 Å². The number of nitrogens with zero attached hydrogens (tertiary/aromatic N) is 2. The number of carboxylic acid groups (broad SMARTS) is 1. The van der Waals surface area contributed by atoms with Crippen LogP contribution in [0.4, 0.5) is 0 Å². The third kappa shape index (κ3) is 3.82. The molecule has 0 radical (unpaired) electrons. The van der Waals surface area contributed by atoms with Crippen molar-refractivity contribution < 1.29 is 23.1 Å². The zero-order chi connectivity index (χ0) is 16.2. The average molecular weight is 317 g/mol. The van der Waals surface area contributed by atoms with Crippen LogP contribution >= 0.6 is 0 Å². The van der Waals surface area contributed by atoms with Crippen molar-refractivity contribution in [2.45, 2.75) is 18.2 Å². The standard InChI is InChI=1S/C12H19N3O5S/c1-4-5-15(8-11(16)13-2)21(19,20)9-6-10(12(17)18)14(3)7-9/h6-7H,4-5,8H2,1-3H3,(H,13,16)(H,17,18). The molecule has 0 saturated heterocycles. The van der Waals surface area contributed by atoms with Gasteiger partial charge in [-0.1, -0.05) is 6.92 Å². The van der Waals surface area contributed by atoms with Gasteiger partial charge >= 0.3 is 5.97 Å². The molecule has 0 aliphatic carbocycles. The van der Waals surface area contributed by atoms with E-state index in [9.17, 15) is 18.0 Å². The number of carboxylic acids is 1. The molecule has 0 spiro atoms. The SMILES string of the molecule is CCCN(CC(=O)NC)S(=O)(=O)c1cc(C(=O)O)n(C)c1. The van der Waals surface area contributed by atoms with E-state index in [1.165, 1.54) is 24.9 Å². The van der Waals surface area contributed by atoms with Crippen LogP contribution in [0.25, 0.3) is 0 Å². The van der Waals surface area contributed by atoms with Crippen LogP contribution < -0.4 is 5.32 Å². The molecule has 118 valence electrons. The van der Waals surface area contributed by atoms with Gasteiger partial charge in [-0.05, 0) is 12.5 Å². The molecule has 0 aliphatic rings. The Labute approximate surface area is 123 Å². The minimum atomic E-state index is -3.92. The number of rotatable bonds is 7. The summed E-state index contributed by atoms with van der Waals surface area (Å²) in [6, 6.07) is 1.09. The molecule has 8 nitrogen and oxygen atoms in total. The summed E-state index contributed by atoms with van der Waals surface area (Å²) in [5.74, 6) is -1.64. The molecule has 1 heterocycles. The van der Waals surface area contributed by atoms with Crippen LogP contribution in [0.1, 0.15) is 23.8 Å². The van der Waals surface area contributed by atoms with E-state index >= 15 is 0 Å². The minimum absolute atomic E-state index is 0.134. The van der Waals surface area contributed by atoms with Gasteiger partial charge in [0.2, 0.25) is 15.9 Å². The molecule has 9 heteroatoms. The van der Waals surface area contributed by atoms with Crippen molar-refractivity contribution in [3.05, 3.63) is 18.0 Å². The van der Waals surface area contributed by atoms with Crippen molar-refractivity contribution >= 4 is 21.9 Å². The first kappa shape index (κ1) is 17.2. The van der Waals surface area contributed by atoms with Crippen molar-refractivity contribution in [1.82, 2.24) is 14.2 Å². The monoisotopic (exact) mass is 317 g/mol. The molecule has 0 saturated carbocycles. The predicted octanol–water partition coefficient (Wildman–Crippen LogP) is -0.130. The Morgan fingerprint density at radius 1 is 1.43 bits per heavy atom. The van der Waals surface area contributed by atoms with Crippen LogP contribution in [-0.4, -0.2) is 54.4 Å². The Balaban J connectivity index is 3.19. The number of likely N-dealkylation sites (N-methyl/N-ethyl adjacent to an activating group) is 1. The summed E-state index contributed by atoms with van der Waals surface area (Å²) in [6.07, 6.45) is 1.76. The summed E-state index contributed by atoms with van der Waals surface area (Å²) in [5, 5.41) is 11.3. The lowest BCUT2D eigenvalue weighted by Crippen LogP contribution is -2.39. The van der Waals surface area contributed by atoms with Crippen molar-refractivity contribution in [3.63, 3.8) is 0 Å². The van der Waals surface area contributed by atoms with Crippen molar-refractivity contribution in [1.29, 1.82) is 0 Å². The summed E-state index contributed by atoms with van der Waals surface area (Å²) in [7, 11) is -1.04. The number of aryl methyl sites for hydroxylation is 1. The maximum Gasteiger partial charge on any atom is 0.352 e. The molecule has 1 amide bonds. The fourth-order valence-electron chi connectivity index (χ4n) is 1.81. The van der Waals surface area contributed by atoms with Crippen molar-refractivity contribution in [2.24, 2.45) is 7.05 Å². The number of hydrogen-bond donors (Lipinski definition) is 2. The van der Waals surface area contributed by atoms with Gasteiger partial charge in [-0.15, -0.1) is 0 Å². The highest BCUT2D eigenvalue weighted by molar-refractivity contribution is 7.89. The van der Waals surface area contributed by atoms with Gasteiger partial charge in [-0.3, -0.25) is 4.79 Å². The summed E-state index contributed by atoms with van der Waals surface area (Å²) in [6.45, 7) is 1.66. The Hall–Kier alpha value is -1.87. The second-order valence-corrected chi connectivity index (χ2v) is 6.43. The molecule has 2 N–H and O–H groups in total. The Morgan fingerprint density at radius 3 is 2.48 bits per heavy atom. The highest BCUT2D eigenvalue weighted by Crippen LogP contribution is 2.18. The Morgan fingerprint density at radius 2 is 2.05 bits per heavy atom. The van der Waals surface area contributed by atoms with Gasteiger partial charge in [0.25, 0.3) is 0 Å². The number of hydrogen-bond acceptors (Lipinski definition) is 4. The molecule has 1 aromatic rings. The quantitative estimate of drug-likeness (QED) is 0.728. The Bertz CT molecular complexity index is 635. The van der Waals surface area contributed by atoms with E-state index in [-0.39, 0.29) is 23.7 Å². The molecule has 0 aromatic carbocycles. The van der Waals surface area contributed by atoms with Crippen LogP contribution in [-0.2, 0) is 21.9 Å². The maximum atomic E-state index is 12.5. The lowest BCUT2D eigenvalue weighted by atomic mass is 10.4. The van der Waals surface area contributed by atoms with Crippen LogP contribution in [0.3, 0.4) is 0 Å². The predicted molar refractivity (Wildman–Crippen MR) is 75.5 cm³/mol. The van der Waals surface area contributed by atoms with Gasteiger partial charge in [0, 0.05) is 26.8 Å². The number of sulfonamides is 1. The van der Waals surface area contributed by atoms with Crippen LogP contribution in [0.15, 0.2) is 17.2 Å². The van der Waals surface area contributed by atoms with Crippen LogP contribution in [0.5, 0.6) is 0 Å². The molecular weight excluding hydrogens is 298 g/mol. The third-order valence-electron chi connectivity index (χ3n) is 2.91. The highest BCUT2D eigenvalue weighted by atomic mass is 32.2. The van der Waals surface area contributed by atoms with Crippen molar-refractivity contribution in [3.8, 4) is 0 Å².